The maximum absolute atomic E-state index is 13.2. The van der Waals surface area contributed by atoms with E-state index in [0.717, 1.165) is 47.8 Å². The molecule has 0 radical (unpaired) electrons. The molecule has 1 saturated carbocycles. The summed E-state index contributed by atoms with van der Waals surface area (Å²) in [7, 11) is 0. The molecule has 2 amide bonds. The van der Waals surface area contributed by atoms with E-state index in [1.165, 1.54) is 19.3 Å². The molecule has 4 rings (SSSR count). The van der Waals surface area contributed by atoms with Crippen LogP contribution in [-0.4, -0.2) is 40.8 Å². The summed E-state index contributed by atoms with van der Waals surface area (Å²) in [5, 5.41) is 4.15. The molecule has 1 aliphatic carbocycles. The maximum atomic E-state index is 13.2. The molecule has 1 aliphatic heterocycles. The highest BCUT2D eigenvalue weighted by Crippen LogP contribution is 2.25. The summed E-state index contributed by atoms with van der Waals surface area (Å²) >= 11 is 0. The van der Waals surface area contributed by atoms with Gasteiger partial charge in [0, 0.05) is 36.1 Å². The number of likely N-dealkylation sites (tertiary alicyclic amines) is 1. The number of nitrogens with zero attached hydrogens (tertiary/aromatic N) is 2. The lowest BCUT2D eigenvalue weighted by atomic mass is 9.88. The van der Waals surface area contributed by atoms with Crippen LogP contribution in [0, 0.1) is 12.8 Å². The number of fused-ring (bicyclic) bond motifs is 1. The fourth-order valence-corrected chi connectivity index (χ4v) is 4.57. The quantitative estimate of drug-likeness (QED) is 0.881. The van der Waals surface area contributed by atoms with Crippen molar-refractivity contribution in [1.82, 2.24) is 15.2 Å². The van der Waals surface area contributed by atoms with Gasteiger partial charge in [0.2, 0.25) is 5.91 Å². The van der Waals surface area contributed by atoms with Crippen LogP contribution in [0.2, 0.25) is 0 Å². The zero-order valence-electron chi connectivity index (χ0n) is 16.6. The SMILES string of the molecule is Cc1cc(C(=O)N2CCC(NC(=O)C3CCCCC3)CC2)c2ccccc2n1. The highest BCUT2D eigenvalue weighted by molar-refractivity contribution is 6.06. The second-order valence-electron chi connectivity index (χ2n) is 8.24. The highest BCUT2D eigenvalue weighted by Gasteiger charge is 2.28. The van der Waals surface area contributed by atoms with E-state index in [4.69, 9.17) is 0 Å². The van der Waals surface area contributed by atoms with Crippen LogP contribution < -0.4 is 5.32 Å². The molecular formula is C23H29N3O2. The van der Waals surface area contributed by atoms with Gasteiger partial charge in [-0.2, -0.15) is 0 Å². The fourth-order valence-electron chi connectivity index (χ4n) is 4.57. The summed E-state index contributed by atoms with van der Waals surface area (Å²) in [5.74, 6) is 0.485. The van der Waals surface area contributed by atoms with Crippen LogP contribution in [0.3, 0.4) is 0 Å². The Hall–Kier alpha value is -2.43. The first-order valence-electron chi connectivity index (χ1n) is 10.6. The number of pyridine rings is 1. The number of carbonyl (C=O) groups is 2. The van der Waals surface area contributed by atoms with Gasteiger partial charge in [-0.25, -0.2) is 0 Å². The van der Waals surface area contributed by atoms with Crippen molar-refractivity contribution in [2.24, 2.45) is 5.92 Å². The number of amides is 2. The normalized spacial score (nSPS) is 19.0. The van der Waals surface area contributed by atoms with E-state index >= 15 is 0 Å². The topological polar surface area (TPSA) is 62.3 Å². The number of benzene rings is 1. The molecule has 1 N–H and O–H groups in total. The summed E-state index contributed by atoms with van der Waals surface area (Å²) in [6, 6.07) is 9.89. The summed E-state index contributed by atoms with van der Waals surface area (Å²) in [4.78, 5) is 32.1. The zero-order valence-corrected chi connectivity index (χ0v) is 16.6. The Balaban J connectivity index is 1.39. The van der Waals surface area contributed by atoms with E-state index in [9.17, 15) is 9.59 Å². The van der Waals surface area contributed by atoms with Gasteiger partial charge in [-0.3, -0.25) is 14.6 Å². The highest BCUT2D eigenvalue weighted by atomic mass is 16.2. The summed E-state index contributed by atoms with van der Waals surface area (Å²) in [6.07, 6.45) is 7.30. The van der Waals surface area contributed by atoms with E-state index in [0.29, 0.717) is 13.1 Å². The van der Waals surface area contributed by atoms with Crippen molar-refractivity contribution < 1.29 is 9.59 Å². The third kappa shape index (κ3) is 4.03. The van der Waals surface area contributed by atoms with E-state index in [-0.39, 0.29) is 23.8 Å². The van der Waals surface area contributed by atoms with Gasteiger partial charge in [0.15, 0.2) is 0 Å². The second-order valence-corrected chi connectivity index (χ2v) is 8.24. The Labute approximate surface area is 166 Å². The number of aromatic nitrogens is 1. The Bertz CT molecular complexity index is 865. The molecule has 5 heteroatoms. The van der Waals surface area contributed by atoms with Crippen LogP contribution in [0.4, 0.5) is 0 Å². The van der Waals surface area contributed by atoms with Crippen molar-refractivity contribution in [3.05, 3.63) is 41.6 Å². The number of aryl methyl sites for hydroxylation is 1. The minimum Gasteiger partial charge on any atom is -0.353 e. The fraction of sp³-hybridized carbons (Fsp3) is 0.522. The third-order valence-corrected chi connectivity index (χ3v) is 6.18. The number of para-hydroxylation sites is 1. The van der Waals surface area contributed by atoms with Gasteiger partial charge < -0.3 is 10.2 Å². The van der Waals surface area contributed by atoms with E-state index < -0.39 is 0 Å². The Morgan fingerprint density at radius 3 is 2.50 bits per heavy atom. The number of hydrogen-bond acceptors (Lipinski definition) is 3. The van der Waals surface area contributed by atoms with Crippen LogP contribution >= 0.6 is 0 Å². The lowest BCUT2D eigenvalue weighted by molar-refractivity contribution is -0.126. The molecule has 1 aromatic carbocycles. The van der Waals surface area contributed by atoms with Gasteiger partial charge in [0.25, 0.3) is 5.91 Å². The van der Waals surface area contributed by atoms with Crippen LogP contribution in [0.1, 0.15) is 61.0 Å². The molecule has 2 aromatic rings. The van der Waals surface area contributed by atoms with Gasteiger partial charge in [-0.05, 0) is 44.7 Å². The first kappa shape index (κ1) is 18.9. The molecule has 2 aliphatic rings. The molecular weight excluding hydrogens is 350 g/mol. The number of piperidine rings is 1. The predicted molar refractivity (Wildman–Crippen MR) is 110 cm³/mol. The largest absolute Gasteiger partial charge is 0.353 e. The van der Waals surface area contributed by atoms with Gasteiger partial charge in [-0.15, -0.1) is 0 Å². The standard InChI is InChI=1S/C23H29N3O2/c1-16-15-20(19-9-5-6-10-21(19)24-16)23(28)26-13-11-18(12-14-26)25-22(27)17-7-3-2-4-8-17/h5-6,9-10,15,17-18H,2-4,7-8,11-14H2,1H3,(H,25,27). The Morgan fingerprint density at radius 1 is 1.04 bits per heavy atom. The lowest BCUT2D eigenvalue weighted by Gasteiger charge is -2.33. The maximum Gasteiger partial charge on any atom is 0.254 e. The van der Waals surface area contributed by atoms with Gasteiger partial charge in [0.05, 0.1) is 11.1 Å². The first-order chi connectivity index (χ1) is 13.6. The molecule has 28 heavy (non-hydrogen) atoms. The first-order valence-corrected chi connectivity index (χ1v) is 10.6. The number of rotatable bonds is 3. The van der Waals surface area contributed by atoms with E-state index in [2.05, 4.69) is 10.3 Å². The lowest BCUT2D eigenvalue weighted by Crippen LogP contribution is -2.48. The summed E-state index contributed by atoms with van der Waals surface area (Å²) in [5.41, 5.74) is 2.45. The van der Waals surface area contributed by atoms with Crippen molar-refractivity contribution in [2.45, 2.75) is 57.9 Å². The summed E-state index contributed by atoms with van der Waals surface area (Å²) in [6.45, 7) is 3.30. The molecule has 148 valence electrons. The van der Waals surface area contributed by atoms with Gasteiger partial charge >= 0.3 is 0 Å². The van der Waals surface area contributed by atoms with Crippen molar-refractivity contribution in [1.29, 1.82) is 0 Å². The molecule has 1 saturated heterocycles. The monoisotopic (exact) mass is 379 g/mol. The average molecular weight is 380 g/mol. The second kappa shape index (κ2) is 8.29. The number of hydrogen-bond donors (Lipinski definition) is 1. The minimum absolute atomic E-state index is 0.0683. The van der Waals surface area contributed by atoms with Crippen molar-refractivity contribution >= 4 is 22.7 Å². The Kier molecular flexibility index (Phi) is 5.60. The van der Waals surface area contributed by atoms with Crippen molar-refractivity contribution in [2.75, 3.05) is 13.1 Å². The number of nitrogens with one attached hydrogen (secondary N) is 1. The van der Waals surface area contributed by atoms with E-state index in [1.54, 1.807) is 0 Å². The summed E-state index contributed by atoms with van der Waals surface area (Å²) < 4.78 is 0. The molecule has 1 aromatic heterocycles. The molecule has 0 spiro atoms. The molecule has 5 nitrogen and oxygen atoms in total. The Morgan fingerprint density at radius 2 is 1.75 bits per heavy atom. The zero-order chi connectivity index (χ0) is 19.5. The van der Waals surface area contributed by atoms with Crippen molar-refractivity contribution in [3.63, 3.8) is 0 Å². The van der Waals surface area contributed by atoms with Crippen molar-refractivity contribution in [3.8, 4) is 0 Å². The van der Waals surface area contributed by atoms with Gasteiger partial charge in [-0.1, -0.05) is 37.5 Å². The molecule has 0 bridgehead atoms. The van der Waals surface area contributed by atoms with E-state index in [1.807, 2.05) is 42.2 Å². The molecule has 0 unspecified atom stereocenters. The smallest absolute Gasteiger partial charge is 0.254 e. The average Bonchev–Trinajstić information content (AvgIpc) is 2.73. The minimum atomic E-state index is 0.0683. The van der Waals surface area contributed by atoms with Gasteiger partial charge in [0.1, 0.15) is 0 Å². The number of carbonyl (C=O) groups excluding carboxylic acids is 2. The van der Waals surface area contributed by atoms with Crippen LogP contribution in [-0.2, 0) is 4.79 Å². The van der Waals surface area contributed by atoms with Crippen LogP contribution in [0.5, 0.6) is 0 Å². The van der Waals surface area contributed by atoms with Crippen LogP contribution in [0.15, 0.2) is 30.3 Å². The molecule has 2 fully saturated rings. The predicted octanol–water partition coefficient (Wildman–Crippen LogP) is 3.84. The molecule has 0 atom stereocenters. The van der Waals surface area contributed by atoms with Crippen LogP contribution in [0.25, 0.3) is 10.9 Å². The molecule has 2 heterocycles. The third-order valence-electron chi connectivity index (χ3n) is 6.18.